The van der Waals surface area contributed by atoms with E-state index < -0.39 is 0 Å². The van der Waals surface area contributed by atoms with Gasteiger partial charge in [-0.05, 0) is 25.7 Å². The van der Waals surface area contributed by atoms with Gasteiger partial charge in [-0.15, -0.1) is 0 Å². The molecule has 15 heavy (non-hydrogen) atoms. The lowest BCUT2D eigenvalue weighted by Gasteiger charge is -2.38. The molecule has 2 aliphatic rings. The average Bonchev–Trinajstić information content (AvgIpc) is 3.05. The molecule has 0 aromatic heterocycles. The van der Waals surface area contributed by atoms with Crippen LogP contribution in [0.4, 0.5) is 0 Å². The zero-order chi connectivity index (χ0) is 10.7. The van der Waals surface area contributed by atoms with Gasteiger partial charge in [0.2, 0.25) is 0 Å². The van der Waals surface area contributed by atoms with E-state index in [-0.39, 0.29) is 0 Å². The number of nitriles is 1. The Bertz CT molecular complexity index is 242. The first-order valence-corrected chi connectivity index (χ1v) is 6.21. The summed E-state index contributed by atoms with van der Waals surface area (Å²) in [6.07, 6.45) is 8.29. The van der Waals surface area contributed by atoms with E-state index in [0.717, 1.165) is 12.6 Å². The van der Waals surface area contributed by atoms with Gasteiger partial charge in [-0.1, -0.05) is 12.8 Å². The summed E-state index contributed by atoms with van der Waals surface area (Å²) in [4.78, 5) is 2.52. The Kier molecular flexibility index (Phi) is 3.61. The van der Waals surface area contributed by atoms with E-state index in [1.165, 1.54) is 38.5 Å². The molecule has 0 aromatic carbocycles. The second-order valence-corrected chi connectivity index (χ2v) is 4.89. The minimum atomic E-state index is 0.345. The van der Waals surface area contributed by atoms with Gasteiger partial charge in [0.15, 0.2) is 0 Å². The smallest absolute Gasteiger partial charge is 0.0635 e. The Hall–Kier alpha value is -0.590. The molecule has 0 spiro atoms. The molecule has 0 saturated heterocycles. The normalized spacial score (nSPS) is 31.5. The zero-order valence-electron chi connectivity index (χ0n) is 9.36. The van der Waals surface area contributed by atoms with Crippen LogP contribution in [0, 0.1) is 11.3 Å². The molecule has 2 N–H and O–H groups in total. The van der Waals surface area contributed by atoms with Gasteiger partial charge in [0.25, 0.3) is 0 Å². The van der Waals surface area contributed by atoms with Crippen molar-refractivity contribution < 1.29 is 0 Å². The number of nitrogens with two attached hydrogens (primary N) is 1. The highest BCUT2D eigenvalue weighted by Gasteiger charge is 2.36. The largest absolute Gasteiger partial charge is 0.326 e. The highest BCUT2D eigenvalue weighted by molar-refractivity contribution is 4.95. The van der Waals surface area contributed by atoms with Crippen LogP contribution in [0.2, 0.25) is 0 Å². The Balaban J connectivity index is 1.93. The van der Waals surface area contributed by atoms with Gasteiger partial charge in [0.05, 0.1) is 6.07 Å². The molecule has 3 heteroatoms. The van der Waals surface area contributed by atoms with E-state index in [1.54, 1.807) is 0 Å². The lowest BCUT2D eigenvalue weighted by atomic mass is 9.89. The van der Waals surface area contributed by atoms with Crippen molar-refractivity contribution in [1.29, 1.82) is 5.26 Å². The molecule has 2 fully saturated rings. The Morgan fingerprint density at radius 2 is 1.93 bits per heavy atom. The Labute approximate surface area is 92.2 Å². The molecule has 0 amide bonds. The summed E-state index contributed by atoms with van der Waals surface area (Å²) in [6.45, 7) is 0.930. The summed E-state index contributed by atoms with van der Waals surface area (Å²) in [6, 6.07) is 3.90. The second-order valence-electron chi connectivity index (χ2n) is 4.89. The van der Waals surface area contributed by atoms with Crippen LogP contribution < -0.4 is 5.73 Å². The minimum Gasteiger partial charge on any atom is -0.326 e. The van der Waals surface area contributed by atoms with Crippen LogP contribution in [0.25, 0.3) is 0 Å². The fraction of sp³-hybridized carbons (Fsp3) is 0.917. The Morgan fingerprint density at radius 3 is 2.53 bits per heavy atom. The van der Waals surface area contributed by atoms with Crippen LogP contribution in [0.3, 0.4) is 0 Å². The third kappa shape index (κ3) is 2.70. The second kappa shape index (κ2) is 4.96. The fourth-order valence-electron chi connectivity index (χ4n) is 2.76. The van der Waals surface area contributed by atoms with Crippen molar-refractivity contribution in [2.24, 2.45) is 5.73 Å². The van der Waals surface area contributed by atoms with Crippen LogP contribution in [0.5, 0.6) is 0 Å². The van der Waals surface area contributed by atoms with Crippen molar-refractivity contribution in [3.63, 3.8) is 0 Å². The van der Waals surface area contributed by atoms with Crippen molar-refractivity contribution in [3.8, 4) is 6.07 Å². The molecule has 2 atom stereocenters. The van der Waals surface area contributed by atoms with Crippen LogP contribution in [-0.4, -0.2) is 29.6 Å². The third-order valence-corrected chi connectivity index (χ3v) is 3.71. The standard InChI is InChI=1S/C12H21N3/c13-8-3-9-15(10-6-7-10)12-5-2-1-4-11(12)14/h10-12H,1-7,9,14H2. The molecule has 0 aromatic rings. The van der Waals surface area contributed by atoms with Crippen LogP contribution in [0.1, 0.15) is 44.9 Å². The number of rotatable bonds is 4. The van der Waals surface area contributed by atoms with E-state index in [0.29, 0.717) is 18.5 Å². The minimum absolute atomic E-state index is 0.345. The topological polar surface area (TPSA) is 53.0 Å². The highest BCUT2D eigenvalue weighted by Crippen LogP contribution is 2.33. The lowest BCUT2D eigenvalue weighted by molar-refractivity contribution is 0.131. The van der Waals surface area contributed by atoms with Crippen LogP contribution in [0.15, 0.2) is 0 Å². The summed E-state index contributed by atoms with van der Waals surface area (Å²) < 4.78 is 0. The number of hydrogen-bond acceptors (Lipinski definition) is 3. The highest BCUT2D eigenvalue weighted by atomic mass is 15.2. The summed E-state index contributed by atoms with van der Waals surface area (Å²) in [5, 5.41) is 8.67. The van der Waals surface area contributed by atoms with E-state index in [9.17, 15) is 0 Å². The van der Waals surface area contributed by atoms with Crippen molar-refractivity contribution >= 4 is 0 Å². The van der Waals surface area contributed by atoms with Crippen molar-refractivity contribution in [1.82, 2.24) is 4.90 Å². The molecule has 2 saturated carbocycles. The summed E-state index contributed by atoms with van der Waals surface area (Å²) in [7, 11) is 0. The predicted octanol–water partition coefficient (Wildman–Crippen LogP) is 1.63. The maximum Gasteiger partial charge on any atom is 0.0635 e. The molecular formula is C12H21N3. The molecule has 0 aliphatic heterocycles. The molecule has 0 heterocycles. The van der Waals surface area contributed by atoms with Gasteiger partial charge < -0.3 is 5.73 Å². The van der Waals surface area contributed by atoms with Crippen molar-refractivity contribution in [3.05, 3.63) is 0 Å². The van der Waals surface area contributed by atoms with Gasteiger partial charge in [-0.25, -0.2) is 0 Å². The molecule has 0 bridgehead atoms. The first-order valence-electron chi connectivity index (χ1n) is 6.21. The van der Waals surface area contributed by atoms with Crippen LogP contribution in [-0.2, 0) is 0 Å². The number of hydrogen-bond donors (Lipinski definition) is 1. The maximum atomic E-state index is 8.67. The monoisotopic (exact) mass is 207 g/mol. The Morgan fingerprint density at radius 1 is 1.20 bits per heavy atom. The molecule has 0 radical (unpaired) electrons. The molecule has 84 valence electrons. The van der Waals surface area contributed by atoms with E-state index in [2.05, 4.69) is 11.0 Å². The quantitative estimate of drug-likeness (QED) is 0.762. The summed E-state index contributed by atoms with van der Waals surface area (Å²) in [5.74, 6) is 0. The third-order valence-electron chi connectivity index (χ3n) is 3.71. The zero-order valence-corrected chi connectivity index (χ0v) is 9.36. The van der Waals surface area contributed by atoms with Gasteiger partial charge >= 0.3 is 0 Å². The first-order chi connectivity index (χ1) is 7.33. The molecular weight excluding hydrogens is 186 g/mol. The van der Waals surface area contributed by atoms with Gasteiger partial charge in [-0.2, -0.15) is 5.26 Å². The predicted molar refractivity (Wildman–Crippen MR) is 60.2 cm³/mol. The molecule has 2 unspecified atom stereocenters. The summed E-state index contributed by atoms with van der Waals surface area (Å²) >= 11 is 0. The van der Waals surface area contributed by atoms with Gasteiger partial charge in [-0.3, -0.25) is 4.90 Å². The molecule has 2 aliphatic carbocycles. The molecule has 2 rings (SSSR count). The van der Waals surface area contributed by atoms with Crippen LogP contribution >= 0.6 is 0 Å². The maximum absolute atomic E-state index is 8.67. The van der Waals surface area contributed by atoms with Gasteiger partial charge in [0.1, 0.15) is 0 Å². The fourth-order valence-corrected chi connectivity index (χ4v) is 2.76. The van der Waals surface area contributed by atoms with Gasteiger partial charge in [0, 0.05) is 31.1 Å². The van der Waals surface area contributed by atoms with E-state index in [4.69, 9.17) is 11.0 Å². The average molecular weight is 207 g/mol. The number of nitrogens with zero attached hydrogens (tertiary/aromatic N) is 2. The molecule has 3 nitrogen and oxygen atoms in total. The SMILES string of the molecule is N#CCCN(C1CC1)C1CCCCC1N. The first kappa shape index (κ1) is 10.9. The van der Waals surface area contributed by atoms with Crippen molar-refractivity contribution in [2.45, 2.75) is 63.1 Å². The van der Waals surface area contributed by atoms with Crippen molar-refractivity contribution in [2.75, 3.05) is 6.54 Å². The van der Waals surface area contributed by atoms with E-state index >= 15 is 0 Å². The summed E-state index contributed by atoms with van der Waals surface area (Å²) in [5.41, 5.74) is 6.19. The lowest BCUT2D eigenvalue weighted by Crippen LogP contribution is -2.50. The van der Waals surface area contributed by atoms with E-state index in [1.807, 2.05) is 0 Å².